The lowest BCUT2D eigenvalue weighted by Gasteiger charge is -2.19. The number of amides is 1. The molecule has 1 aromatic carbocycles. The minimum absolute atomic E-state index is 0.379. The van der Waals surface area contributed by atoms with Gasteiger partial charge in [-0.3, -0.25) is 0 Å². The highest BCUT2D eigenvalue weighted by molar-refractivity contribution is 5.67. The van der Waals surface area contributed by atoms with Crippen molar-refractivity contribution in [2.45, 2.75) is 46.1 Å². The van der Waals surface area contributed by atoms with Crippen LogP contribution in [0.3, 0.4) is 0 Å². The molecule has 0 aromatic heterocycles. The fourth-order valence-electron chi connectivity index (χ4n) is 1.72. The summed E-state index contributed by atoms with van der Waals surface area (Å²) in [6.45, 7) is 8.91. The molecular weight excluding hydrogens is 278 g/mol. The highest BCUT2D eigenvalue weighted by atomic mass is 16.6. The van der Waals surface area contributed by atoms with Crippen molar-refractivity contribution in [3.05, 3.63) is 35.9 Å². The second kappa shape index (κ2) is 9.13. The maximum absolute atomic E-state index is 11.5. The molecule has 0 radical (unpaired) electrons. The van der Waals surface area contributed by atoms with Crippen LogP contribution in [-0.2, 0) is 4.74 Å². The molecule has 0 atom stereocenters. The molecule has 1 rings (SSSR count). The zero-order valence-electron chi connectivity index (χ0n) is 14.0. The molecule has 0 fully saturated rings. The van der Waals surface area contributed by atoms with Crippen molar-refractivity contribution in [3.8, 4) is 5.75 Å². The van der Waals surface area contributed by atoms with Crippen molar-refractivity contribution in [1.82, 2.24) is 5.32 Å². The van der Waals surface area contributed by atoms with Crippen molar-refractivity contribution in [2.75, 3.05) is 13.2 Å². The van der Waals surface area contributed by atoms with Crippen molar-refractivity contribution < 1.29 is 14.3 Å². The fourth-order valence-corrected chi connectivity index (χ4v) is 1.72. The second-order valence-corrected chi connectivity index (χ2v) is 6.04. The largest absolute Gasteiger partial charge is 0.494 e. The van der Waals surface area contributed by atoms with Gasteiger partial charge in [-0.2, -0.15) is 0 Å². The number of hydrogen-bond donors (Lipinski definition) is 1. The van der Waals surface area contributed by atoms with Crippen molar-refractivity contribution in [3.63, 3.8) is 0 Å². The van der Waals surface area contributed by atoms with E-state index in [1.807, 2.05) is 57.2 Å². The lowest BCUT2D eigenvalue weighted by Crippen LogP contribution is -2.32. The second-order valence-electron chi connectivity index (χ2n) is 6.04. The predicted octanol–water partition coefficient (Wildman–Crippen LogP) is 4.40. The van der Waals surface area contributed by atoms with Crippen LogP contribution < -0.4 is 10.1 Å². The Hall–Kier alpha value is -1.97. The van der Waals surface area contributed by atoms with E-state index in [1.165, 1.54) is 0 Å². The molecule has 0 spiro atoms. The molecule has 0 unspecified atom stereocenters. The fraction of sp³-hybridized carbons (Fsp3) is 0.500. The van der Waals surface area contributed by atoms with Gasteiger partial charge < -0.3 is 14.8 Å². The highest BCUT2D eigenvalue weighted by Crippen LogP contribution is 2.14. The van der Waals surface area contributed by atoms with Crippen LogP contribution in [0.25, 0.3) is 6.08 Å². The molecule has 0 aliphatic rings. The van der Waals surface area contributed by atoms with E-state index in [2.05, 4.69) is 12.2 Å². The summed E-state index contributed by atoms with van der Waals surface area (Å²) in [6.07, 6.45) is 5.41. The summed E-state index contributed by atoms with van der Waals surface area (Å²) in [7, 11) is 0. The Balaban J connectivity index is 2.32. The van der Waals surface area contributed by atoms with Crippen LogP contribution in [0.4, 0.5) is 4.79 Å². The van der Waals surface area contributed by atoms with E-state index < -0.39 is 5.60 Å². The van der Waals surface area contributed by atoms with Gasteiger partial charge in [0.2, 0.25) is 0 Å². The standard InChI is InChI=1S/C18H27NO3/c1-5-13-21-16-11-8-10-15(14-16)9-6-7-12-19-17(20)22-18(2,3)4/h6,8-11,14H,5,7,12-13H2,1-4H3,(H,19,20). The average Bonchev–Trinajstić information content (AvgIpc) is 2.43. The van der Waals surface area contributed by atoms with Crippen LogP contribution in [-0.4, -0.2) is 24.8 Å². The number of hydrogen-bond acceptors (Lipinski definition) is 3. The zero-order valence-corrected chi connectivity index (χ0v) is 14.0. The van der Waals surface area contributed by atoms with Gasteiger partial charge in [-0.25, -0.2) is 4.79 Å². The summed E-state index contributed by atoms with van der Waals surface area (Å²) in [5.74, 6) is 0.885. The molecule has 122 valence electrons. The summed E-state index contributed by atoms with van der Waals surface area (Å²) in [4.78, 5) is 11.5. The Kier molecular flexibility index (Phi) is 7.50. The van der Waals surface area contributed by atoms with Gasteiger partial charge >= 0.3 is 6.09 Å². The first kappa shape index (κ1) is 18.1. The number of alkyl carbamates (subject to hydrolysis) is 1. The monoisotopic (exact) mass is 305 g/mol. The summed E-state index contributed by atoms with van der Waals surface area (Å²) in [6, 6.07) is 7.96. The lowest BCUT2D eigenvalue weighted by atomic mass is 10.2. The summed E-state index contributed by atoms with van der Waals surface area (Å²) in [5.41, 5.74) is 0.629. The van der Waals surface area contributed by atoms with E-state index in [-0.39, 0.29) is 6.09 Å². The molecule has 0 heterocycles. The third-order valence-corrected chi connectivity index (χ3v) is 2.62. The van der Waals surface area contributed by atoms with E-state index in [0.717, 1.165) is 30.8 Å². The highest BCUT2D eigenvalue weighted by Gasteiger charge is 2.15. The number of rotatable bonds is 7. The molecule has 4 nitrogen and oxygen atoms in total. The molecule has 1 amide bonds. The van der Waals surface area contributed by atoms with E-state index in [0.29, 0.717) is 6.54 Å². The average molecular weight is 305 g/mol. The van der Waals surface area contributed by atoms with Gasteiger partial charge in [0.25, 0.3) is 0 Å². The minimum Gasteiger partial charge on any atom is -0.494 e. The first-order chi connectivity index (χ1) is 10.4. The van der Waals surface area contributed by atoms with Gasteiger partial charge in [0.05, 0.1) is 6.61 Å². The molecule has 1 N–H and O–H groups in total. The molecule has 0 aliphatic carbocycles. The first-order valence-electron chi connectivity index (χ1n) is 7.77. The molecule has 0 saturated carbocycles. The number of benzene rings is 1. The van der Waals surface area contributed by atoms with Gasteiger partial charge in [0.1, 0.15) is 11.4 Å². The SMILES string of the molecule is CCCOc1cccc(C=CCCNC(=O)OC(C)(C)C)c1. The Morgan fingerprint density at radius 2 is 2.09 bits per heavy atom. The molecular formula is C18H27NO3. The van der Waals surface area contributed by atoms with E-state index in [1.54, 1.807) is 0 Å². The Morgan fingerprint density at radius 3 is 2.77 bits per heavy atom. The number of nitrogens with one attached hydrogen (secondary N) is 1. The third-order valence-electron chi connectivity index (χ3n) is 2.62. The van der Waals surface area contributed by atoms with Crippen molar-refractivity contribution in [2.24, 2.45) is 0 Å². The molecule has 4 heteroatoms. The predicted molar refractivity (Wildman–Crippen MR) is 90.1 cm³/mol. The Bertz CT molecular complexity index is 489. The smallest absolute Gasteiger partial charge is 0.407 e. The maximum atomic E-state index is 11.5. The van der Waals surface area contributed by atoms with Crippen LogP contribution >= 0.6 is 0 Å². The van der Waals surface area contributed by atoms with Crippen LogP contribution in [0.2, 0.25) is 0 Å². The molecule has 22 heavy (non-hydrogen) atoms. The summed E-state index contributed by atoms with van der Waals surface area (Å²) in [5, 5.41) is 2.73. The van der Waals surface area contributed by atoms with Crippen LogP contribution in [0.5, 0.6) is 5.75 Å². The quantitative estimate of drug-likeness (QED) is 0.759. The van der Waals surface area contributed by atoms with Gasteiger partial charge in [-0.1, -0.05) is 31.2 Å². The van der Waals surface area contributed by atoms with Crippen LogP contribution in [0.1, 0.15) is 46.1 Å². The Labute approximate surface area is 133 Å². The molecule has 0 bridgehead atoms. The molecule has 1 aromatic rings. The topological polar surface area (TPSA) is 47.6 Å². The van der Waals surface area contributed by atoms with E-state index in [9.17, 15) is 4.79 Å². The van der Waals surface area contributed by atoms with E-state index >= 15 is 0 Å². The van der Waals surface area contributed by atoms with Gasteiger partial charge in [-0.05, 0) is 51.3 Å². The zero-order chi connectivity index (χ0) is 16.4. The molecule has 0 aliphatic heterocycles. The summed E-state index contributed by atoms with van der Waals surface area (Å²) >= 11 is 0. The minimum atomic E-state index is -0.459. The maximum Gasteiger partial charge on any atom is 0.407 e. The molecule has 0 saturated heterocycles. The van der Waals surface area contributed by atoms with Crippen LogP contribution in [0, 0.1) is 0 Å². The Morgan fingerprint density at radius 1 is 1.32 bits per heavy atom. The number of carbonyl (C=O) groups is 1. The van der Waals surface area contributed by atoms with Gasteiger partial charge in [0.15, 0.2) is 0 Å². The number of ether oxygens (including phenoxy) is 2. The van der Waals surface area contributed by atoms with Gasteiger partial charge in [0, 0.05) is 6.54 Å². The van der Waals surface area contributed by atoms with Gasteiger partial charge in [-0.15, -0.1) is 0 Å². The normalized spacial score (nSPS) is 11.5. The summed E-state index contributed by atoms with van der Waals surface area (Å²) < 4.78 is 10.8. The lowest BCUT2D eigenvalue weighted by molar-refractivity contribution is 0.0529. The van der Waals surface area contributed by atoms with Crippen LogP contribution in [0.15, 0.2) is 30.3 Å². The van der Waals surface area contributed by atoms with Crippen molar-refractivity contribution in [1.29, 1.82) is 0 Å². The third kappa shape index (κ3) is 8.35. The number of carbonyl (C=O) groups excluding carboxylic acids is 1. The van der Waals surface area contributed by atoms with E-state index in [4.69, 9.17) is 9.47 Å². The first-order valence-corrected chi connectivity index (χ1v) is 7.77. The van der Waals surface area contributed by atoms with Crippen molar-refractivity contribution >= 4 is 12.2 Å².